The van der Waals surface area contributed by atoms with Gasteiger partial charge in [-0.25, -0.2) is 8.78 Å². The summed E-state index contributed by atoms with van der Waals surface area (Å²) >= 11 is 0. The molecule has 2 nitrogen and oxygen atoms in total. The molecular formula is C8H6F2O2. The van der Waals surface area contributed by atoms with Crippen LogP contribution in [-0.2, 0) is 11.2 Å². The molecule has 0 atom stereocenters. The van der Waals surface area contributed by atoms with Crippen molar-refractivity contribution in [3.8, 4) is 5.75 Å². The van der Waals surface area contributed by atoms with Gasteiger partial charge in [-0.3, -0.25) is 0 Å². The van der Waals surface area contributed by atoms with Gasteiger partial charge in [-0.05, 0) is 0 Å². The SMILES string of the molecule is O=CCc1c(F)cc(O)cc1F. The van der Waals surface area contributed by atoms with Crippen LogP contribution >= 0.6 is 0 Å². The molecule has 0 aliphatic heterocycles. The van der Waals surface area contributed by atoms with Gasteiger partial charge in [0.25, 0.3) is 0 Å². The number of rotatable bonds is 2. The topological polar surface area (TPSA) is 37.3 Å². The Labute approximate surface area is 67.4 Å². The Hall–Kier alpha value is -1.45. The zero-order valence-electron chi connectivity index (χ0n) is 6.05. The number of carbonyl (C=O) groups is 1. The highest BCUT2D eigenvalue weighted by Crippen LogP contribution is 2.19. The molecule has 12 heavy (non-hydrogen) atoms. The van der Waals surface area contributed by atoms with E-state index in [9.17, 15) is 13.6 Å². The van der Waals surface area contributed by atoms with Crippen LogP contribution in [0.3, 0.4) is 0 Å². The second kappa shape index (κ2) is 3.30. The highest BCUT2D eigenvalue weighted by Gasteiger charge is 2.09. The molecule has 1 N–H and O–H groups in total. The Balaban J connectivity index is 3.18. The van der Waals surface area contributed by atoms with Gasteiger partial charge in [-0.15, -0.1) is 0 Å². The summed E-state index contributed by atoms with van der Waals surface area (Å²) < 4.78 is 25.5. The molecule has 4 heteroatoms. The molecule has 0 aliphatic carbocycles. The summed E-state index contributed by atoms with van der Waals surface area (Å²) in [6, 6.07) is 1.53. The number of phenolic OH excluding ortho intramolecular Hbond substituents is 1. The lowest BCUT2D eigenvalue weighted by molar-refractivity contribution is -0.107. The van der Waals surface area contributed by atoms with Crippen LogP contribution in [0.5, 0.6) is 5.75 Å². The molecule has 0 saturated heterocycles. The largest absolute Gasteiger partial charge is 0.508 e. The van der Waals surface area contributed by atoms with E-state index in [-0.39, 0.29) is 12.0 Å². The van der Waals surface area contributed by atoms with Crippen molar-refractivity contribution < 1.29 is 18.7 Å². The summed E-state index contributed by atoms with van der Waals surface area (Å²) in [4.78, 5) is 9.97. The van der Waals surface area contributed by atoms with E-state index in [1.807, 2.05) is 0 Å². The molecule has 1 aromatic rings. The first-order valence-corrected chi connectivity index (χ1v) is 3.25. The van der Waals surface area contributed by atoms with Gasteiger partial charge >= 0.3 is 0 Å². The number of phenols is 1. The number of halogens is 2. The lowest BCUT2D eigenvalue weighted by Gasteiger charge is -2.00. The van der Waals surface area contributed by atoms with Crippen LogP contribution in [0.25, 0.3) is 0 Å². The lowest BCUT2D eigenvalue weighted by Crippen LogP contribution is -1.96. The van der Waals surface area contributed by atoms with E-state index in [1.165, 1.54) is 0 Å². The van der Waals surface area contributed by atoms with E-state index in [2.05, 4.69) is 0 Å². The average Bonchev–Trinajstić information content (AvgIpc) is 1.96. The number of hydrogen-bond acceptors (Lipinski definition) is 2. The van der Waals surface area contributed by atoms with Crippen molar-refractivity contribution in [2.45, 2.75) is 6.42 Å². The van der Waals surface area contributed by atoms with Gasteiger partial charge in [0.05, 0.1) is 0 Å². The van der Waals surface area contributed by atoms with Gasteiger partial charge in [-0.1, -0.05) is 0 Å². The third kappa shape index (κ3) is 1.58. The Kier molecular flexibility index (Phi) is 2.38. The maximum atomic E-state index is 12.7. The molecule has 1 aromatic carbocycles. The Morgan fingerprint density at radius 2 is 1.83 bits per heavy atom. The van der Waals surface area contributed by atoms with Crippen molar-refractivity contribution in [3.05, 3.63) is 29.3 Å². The predicted octanol–water partition coefficient (Wildman–Crippen LogP) is 1.41. The molecule has 0 heterocycles. The maximum Gasteiger partial charge on any atom is 0.133 e. The first kappa shape index (κ1) is 8.64. The van der Waals surface area contributed by atoms with Crippen molar-refractivity contribution in [2.24, 2.45) is 0 Å². The summed E-state index contributed by atoms with van der Waals surface area (Å²) in [6.07, 6.45) is 0.0798. The van der Waals surface area contributed by atoms with Gasteiger partial charge < -0.3 is 9.90 Å². The summed E-state index contributed by atoms with van der Waals surface area (Å²) in [6.45, 7) is 0. The minimum atomic E-state index is -0.903. The van der Waals surface area contributed by atoms with E-state index in [0.29, 0.717) is 6.29 Å². The summed E-state index contributed by atoms with van der Waals surface area (Å²) in [5.41, 5.74) is -0.317. The molecule has 0 bridgehead atoms. The van der Waals surface area contributed by atoms with Gasteiger partial charge in [0, 0.05) is 24.1 Å². The van der Waals surface area contributed by atoms with E-state index >= 15 is 0 Å². The molecular weight excluding hydrogens is 166 g/mol. The van der Waals surface area contributed by atoms with Crippen molar-refractivity contribution >= 4 is 6.29 Å². The number of carbonyl (C=O) groups excluding carboxylic acids is 1. The number of aldehydes is 1. The highest BCUT2D eigenvalue weighted by molar-refractivity contribution is 5.55. The highest BCUT2D eigenvalue weighted by atomic mass is 19.1. The lowest BCUT2D eigenvalue weighted by atomic mass is 10.1. The Bertz CT molecular complexity index is 287. The molecule has 0 fully saturated rings. The van der Waals surface area contributed by atoms with Gasteiger partial charge in [-0.2, -0.15) is 0 Å². The fraction of sp³-hybridized carbons (Fsp3) is 0.125. The summed E-state index contributed by atoms with van der Waals surface area (Å²) in [7, 11) is 0. The second-order valence-corrected chi connectivity index (χ2v) is 2.26. The Morgan fingerprint density at radius 3 is 2.25 bits per heavy atom. The summed E-state index contributed by atoms with van der Waals surface area (Å²) in [5, 5.41) is 8.72. The molecule has 1 rings (SSSR count). The van der Waals surface area contributed by atoms with Crippen LogP contribution < -0.4 is 0 Å². The average molecular weight is 172 g/mol. The standard InChI is InChI=1S/C8H6F2O2/c9-7-3-5(12)4-8(10)6(7)1-2-11/h2-4,12H,1H2. The van der Waals surface area contributed by atoms with Gasteiger partial charge in [0.15, 0.2) is 0 Å². The van der Waals surface area contributed by atoms with Gasteiger partial charge in [0.1, 0.15) is 23.7 Å². The smallest absolute Gasteiger partial charge is 0.133 e. The van der Waals surface area contributed by atoms with Crippen LogP contribution in [0.4, 0.5) is 8.78 Å². The van der Waals surface area contributed by atoms with Crippen molar-refractivity contribution in [3.63, 3.8) is 0 Å². The molecule has 64 valence electrons. The van der Waals surface area contributed by atoms with E-state index in [0.717, 1.165) is 12.1 Å². The molecule has 0 radical (unpaired) electrons. The summed E-state index contributed by atoms with van der Waals surface area (Å²) in [5.74, 6) is -2.29. The Morgan fingerprint density at radius 1 is 1.33 bits per heavy atom. The zero-order chi connectivity index (χ0) is 9.14. The minimum Gasteiger partial charge on any atom is -0.508 e. The normalized spacial score (nSPS) is 9.83. The van der Waals surface area contributed by atoms with Gasteiger partial charge in [0.2, 0.25) is 0 Å². The first-order chi connectivity index (χ1) is 5.65. The molecule has 0 aliphatic rings. The fourth-order valence-corrected chi connectivity index (χ4v) is 0.868. The third-order valence-electron chi connectivity index (χ3n) is 1.41. The van der Waals surface area contributed by atoms with E-state index in [4.69, 9.17) is 5.11 Å². The predicted molar refractivity (Wildman–Crippen MR) is 37.8 cm³/mol. The van der Waals surface area contributed by atoms with Crippen LogP contribution in [0, 0.1) is 11.6 Å². The van der Waals surface area contributed by atoms with Crippen LogP contribution in [0.2, 0.25) is 0 Å². The molecule has 0 amide bonds. The maximum absolute atomic E-state index is 12.7. The van der Waals surface area contributed by atoms with E-state index in [1.54, 1.807) is 0 Å². The van der Waals surface area contributed by atoms with Crippen LogP contribution in [0.15, 0.2) is 12.1 Å². The van der Waals surface area contributed by atoms with Crippen LogP contribution in [0.1, 0.15) is 5.56 Å². The second-order valence-electron chi connectivity index (χ2n) is 2.26. The van der Waals surface area contributed by atoms with Crippen LogP contribution in [-0.4, -0.2) is 11.4 Å². The minimum absolute atomic E-state index is 0.317. The number of aromatic hydroxyl groups is 1. The molecule has 0 aromatic heterocycles. The first-order valence-electron chi connectivity index (χ1n) is 3.25. The van der Waals surface area contributed by atoms with Crippen molar-refractivity contribution in [1.29, 1.82) is 0 Å². The monoisotopic (exact) mass is 172 g/mol. The molecule has 0 saturated carbocycles. The van der Waals surface area contributed by atoms with E-state index < -0.39 is 17.4 Å². The number of benzene rings is 1. The fourth-order valence-electron chi connectivity index (χ4n) is 0.868. The van der Waals surface area contributed by atoms with Crippen molar-refractivity contribution in [1.82, 2.24) is 0 Å². The quantitative estimate of drug-likeness (QED) is 0.685. The third-order valence-corrected chi connectivity index (χ3v) is 1.41. The number of hydrogen-bond donors (Lipinski definition) is 1. The molecule has 0 spiro atoms. The molecule has 0 unspecified atom stereocenters. The zero-order valence-corrected chi connectivity index (χ0v) is 6.05. The van der Waals surface area contributed by atoms with Crippen molar-refractivity contribution in [2.75, 3.05) is 0 Å².